The molecule has 0 aliphatic carbocycles. The van der Waals surface area contributed by atoms with Gasteiger partial charge in [0.25, 0.3) is 0 Å². The fourth-order valence-electron chi connectivity index (χ4n) is 1.48. The van der Waals surface area contributed by atoms with Gasteiger partial charge in [-0.3, -0.25) is 4.79 Å². The van der Waals surface area contributed by atoms with E-state index in [-0.39, 0.29) is 0 Å². The van der Waals surface area contributed by atoms with Gasteiger partial charge in [-0.15, -0.1) is 0 Å². The number of hydrogen-bond acceptors (Lipinski definition) is 2. The first-order valence-corrected chi connectivity index (χ1v) is 4.62. The van der Waals surface area contributed by atoms with Gasteiger partial charge in [0.1, 0.15) is 11.4 Å². The van der Waals surface area contributed by atoms with E-state index in [1.165, 1.54) is 0 Å². The van der Waals surface area contributed by atoms with Gasteiger partial charge in [0, 0.05) is 11.8 Å². The van der Waals surface area contributed by atoms with Crippen LogP contribution in [-0.2, 0) is 0 Å². The highest BCUT2D eigenvalue weighted by Crippen LogP contribution is 2.25. The number of aldehydes is 1. The highest BCUT2D eigenvalue weighted by atomic mass is 16.5. The molecule has 76 valence electrons. The van der Waals surface area contributed by atoms with E-state index in [4.69, 9.17) is 4.74 Å². The molecular weight excluding hydrogens is 190 g/mol. The average Bonchev–Trinajstić information content (AvgIpc) is 2.73. The molecule has 0 saturated carbocycles. The second-order valence-corrected chi connectivity index (χ2v) is 3.15. The van der Waals surface area contributed by atoms with Gasteiger partial charge in [0.05, 0.1) is 7.11 Å². The van der Waals surface area contributed by atoms with Crippen LogP contribution in [0.1, 0.15) is 10.5 Å². The molecule has 0 aliphatic rings. The van der Waals surface area contributed by atoms with Gasteiger partial charge < -0.3 is 9.72 Å². The fourth-order valence-corrected chi connectivity index (χ4v) is 1.48. The van der Waals surface area contributed by atoms with Crippen molar-refractivity contribution in [3.05, 3.63) is 42.1 Å². The molecule has 1 aromatic carbocycles. The normalized spacial score (nSPS) is 9.93. The van der Waals surface area contributed by atoms with Crippen molar-refractivity contribution in [2.24, 2.45) is 0 Å². The number of rotatable bonds is 3. The number of aromatic nitrogens is 1. The van der Waals surface area contributed by atoms with Gasteiger partial charge in [0.2, 0.25) is 0 Å². The van der Waals surface area contributed by atoms with Crippen molar-refractivity contribution in [1.82, 2.24) is 4.98 Å². The number of methoxy groups -OCH3 is 1. The Labute approximate surface area is 87.7 Å². The van der Waals surface area contributed by atoms with E-state index < -0.39 is 0 Å². The zero-order valence-electron chi connectivity index (χ0n) is 8.36. The van der Waals surface area contributed by atoms with Crippen molar-refractivity contribution in [2.45, 2.75) is 0 Å². The molecule has 0 spiro atoms. The Morgan fingerprint density at radius 2 is 2.00 bits per heavy atom. The predicted molar refractivity (Wildman–Crippen MR) is 58.2 cm³/mol. The average molecular weight is 201 g/mol. The van der Waals surface area contributed by atoms with Gasteiger partial charge in [-0.1, -0.05) is 30.3 Å². The van der Waals surface area contributed by atoms with E-state index >= 15 is 0 Å². The van der Waals surface area contributed by atoms with E-state index in [1.807, 2.05) is 36.4 Å². The molecule has 2 rings (SSSR count). The number of carbonyl (C=O) groups excluding carboxylic acids is 1. The lowest BCUT2D eigenvalue weighted by atomic mass is 10.2. The monoisotopic (exact) mass is 201 g/mol. The smallest absolute Gasteiger partial charge is 0.170 e. The summed E-state index contributed by atoms with van der Waals surface area (Å²) in [6, 6.07) is 11.6. The molecule has 1 aromatic heterocycles. The molecule has 0 saturated heterocycles. The number of aromatic amines is 1. The molecule has 0 unspecified atom stereocenters. The largest absolute Gasteiger partial charge is 0.494 e. The van der Waals surface area contributed by atoms with Crippen LogP contribution in [0.4, 0.5) is 0 Å². The standard InChI is InChI=1S/C12H11NO2/c1-15-12-7-10(13-11(12)8-14)9-5-3-2-4-6-9/h2-8,13H,1H3. The van der Waals surface area contributed by atoms with Crippen molar-refractivity contribution < 1.29 is 9.53 Å². The van der Waals surface area contributed by atoms with Crippen LogP contribution < -0.4 is 4.74 Å². The first-order chi connectivity index (χ1) is 7.35. The molecule has 2 aromatic rings. The maximum atomic E-state index is 10.7. The van der Waals surface area contributed by atoms with E-state index in [2.05, 4.69) is 4.98 Å². The number of ether oxygens (including phenoxy) is 1. The maximum Gasteiger partial charge on any atom is 0.170 e. The summed E-state index contributed by atoms with van der Waals surface area (Å²) in [7, 11) is 1.55. The number of nitrogens with one attached hydrogen (secondary N) is 1. The van der Waals surface area contributed by atoms with Crippen molar-refractivity contribution in [3.8, 4) is 17.0 Å². The third-order valence-electron chi connectivity index (χ3n) is 2.23. The molecule has 0 bridgehead atoms. The molecule has 1 N–H and O–H groups in total. The number of benzene rings is 1. The van der Waals surface area contributed by atoms with Crippen molar-refractivity contribution >= 4 is 6.29 Å². The van der Waals surface area contributed by atoms with E-state index in [0.29, 0.717) is 11.4 Å². The minimum atomic E-state index is 0.469. The van der Waals surface area contributed by atoms with Gasteiger partial charge in [-0.2, -0.15) is 0 Å². The Bertz CT molecular complexity index is 460. The third-order valence-corrected chi connectivity index (χ3v) is 2.23. The quantitative estimate of drug-likeness (QED) is 0.775. The molecule has 15 heavy (non-hydrogen) atoms. The third kappa shape index (κ3) is 1.76. The number of H-pyrrole nitrogens is 1. The van der Waals surface area contributed by atoms with Gasteiger partial charge in [0.15, 0.2) is 6.29 Å². The van der Waals surface area contributed by atoms with Crippen LogP contribution in [0, 0.1) is 0 Å². The molecule has 3 nitrogen and oxygen atoms in total. The summed E-state index contributed by atoms with van der Waals surface area (Å²) in [5.74, 6) is 0.573. The molecule has 0 radical (unpaired) electrons. The van der Waals surface area contributed by atoms with Crippen LogP contribution >= 0.6 is 0 Å². The Hall–Kier alpha value is -2.03. The minimum absolute atomic E-state index is 0.469. The van der Waals surface area contributed by atoms with E-state index in [1.54, 1.807) is 7.11 Å². The second-order valence-electron chi connectivity index (χ2n) is 3.15. The van der Waals surface area contributed by atoms with Gasteiger partial charge in [-0.25, -0.2) is 0 Å². The zero-order valence-corrected chi connectivity index (χ0v) is 8.36. The van der Waals surface area contributed by atoms with E-state index in [9.17, 15) is 4.79 Å². The Balaban J connectivity index is 2.46. The van der Waals surface area contributed by atoms with E-state index in [0.717, 1.165) is 17.5 Å². The molecule has 0 atom stereocenters. The van der Waals surface area contributed by atoms with Crippen LogP contribution in [0.3, 0.4) is 0 Å². The Kier molecular flexibility index (Phi) is 2.54. The van der Waals surface area contributed by atoms with Crippen LogP contribution in [0.5, 0.6) is 5.75 Å². The summed E-state index contributed by atoms with van der Waals surface area (Å²) in [6.45, 7) is 0. The van der Waals surface area contributed by atoms with Crippen molar-refractivity contribution in [2.75, 3.05) is 7.11 Å². The van der Waals surface area contributed by atoms with Crippen molar-refractivity contribution in [1.29, 1.82) is 0 Å². The zero-order chi connectivity index (χ0) is 10.7. The predicted octanol–water partition coefficient (Wildman–Crippen LogP) is 2.50. The minimum Gasteiger partial charge on any atom is -0.494 e. The summed E-state index contributed by atoms with van der Waals surface area (Å²) in [5.41, 5.74) is 2.38. The molecule has 0 fully saturated rings. The molecule has 3 heteroatoms. The molecule has 0 amide bonds. The number of hydrogen-bond donors (Lipinski definition) is 1. The lowest BCUT2D eigenvalue weighted by Crippen LogP contribution is -1.86. The summed E-state index contributed by atoms with van der Waals surface area (Å²) < 4.78 is 5.08. The van der Waals surface area contributed by atoms with Crippen LogP contribution in [0.15, 0.2) is 36.4 Å². The first kappa shape index (κ1) is 9.52. The topological polar surface area (TPSA) is 42.1 Å². The first-order valence-electron chi connectivity index (χ1n) is 4.62. The summed E-state index contributed by atoms with van der Waals surface area (Å²) >= 11 is 0. The highest BCUT2D eigenvalue weighted by Gasteiger charge is 2.08. The van der Waals surface area contributed by atoms with Crippen molar-refractivity contribution in [3.63, 3.8) is 0 Å². The molecular formula is C12H11NO2. The Morgan fingerprint density at radius 3 is 2.53 bits per heavy atom. The Morgan fingerprint density at radius 1 is 1.27 bits per heavy atom. The van der Waals surface area contributed by atoms with Gasteiger partial charge >= 0.3 is 0 Å². The lowest BCUT2D eigenvalue weighted by Gasteiger charge is -1.94. The van der Waals surface area contributed by atoms with Crippen LogP contribution in [0.2, 0.25) is 0 Å². The highest BCUT2D eigenvalue weighted by molar-refractivity contribution is 5.80. The summed E-state index contributed by atoms with van der Waals surface area (Å²) in [4.78, 5) is 13.7. The SMILES string of the molecule is COc1cc(-c2ccccc2)[nH]c1C=O. The summed E-state index contributed by atoms with van der Waals surface area (Å²) in [5, 5.41) is 0. The van der Waals surface area contributed by atoms with Crippen LogP contribution in [0.25, 0.3) is 11.3 Å². The maximum absolute atomic E-state index is 10.7. The molecule has 1 heterocycles. The molecule has 0 aliphatic heterocycles. The lowest BCUT2D eigenvalue weighted by molar-refractivity contribution is 0.111. The number of carbonyl (C=O) groups is 1. The van der Waals surface area contributed by atoms with Gasteiger partial charge in [-0.05, 0) is 5.56 Å². The fraction of sp³-hybridized carbons (Fsp3) is 0.0833. The second kappa shape index (κ2) is 4.00. The summed E-state index contributed by atoms with van der Waals surface area (Å²) in [6.07, 6.45) is 0.755. The van der Waals surface area contributed by atoms with Crippen LogP contribution in [-0.4, -0.2) is 18.4 Å².